The van der Waals surface area contributed by atoms with Gasteiger partial charge in [0.25, 0.3) is 0 Å². The van der Waals surface area contributed by atoms with E-state index in [1.54, 1.807) is 30.3 Å². The van der Waals surface area contributed by atoms with Crippen molar-refractivity contribution in [3.05, 3.63) is 59.2 Å². The number of carbonyl (C=O) groups is 1. The van der Waals surface area contributed by atoms with Crippen LogP contribution >= 0.6 is 0 Å². The Kier molecular flexibility index (Phi) is 3.15. The minimum Gasteiger partial charge on any atom is -0.507 e. The van der Waals surface area contributed by atoms with Crippen molar-refractivity contribution in [2.24, 2.45) is 10.2 Å². The fraction of sp³-hybridized carbons (Fsp3) is 0.235. The van der Waals surface area contributed by atoms with Gasteiger partial charge in [0.15, 0.2) is 5.78 Å². The molecule has 25 heavy (non-hydrogen) atoms. The average Bonchev–Trinajstić information content (AvgIpc) is 3.36. The number of alkyl halides is 3. The van der Waals surface area contributed by atoms with Crippen molar-refractivity contribution in [3.63, 3.8) is 0 Å². The summed E-state index contributed by atoms with van der Waals surface area (Å²) in [5.74, 6) is -1.06. The number of rotatable bonds is 2. The van der Waals surface area contributed by atoms with E-state index in [0.717, 1.165) is 17.7 Å². The molecule has 1 atom stereocenters. The molecule has 0 aliphatic carbocycles. The molecule has 2 heterocycles. The van der Waals surface area contributed by atoms with E-state index in [1.807, 2.05) is 0 Å². The van der Waals surface area contributed by atoms with Crippen LogP contribution in [0.2, 0.25) is 0 Å². The number of nitrogens with zero attached hydrogens (tertiary/aromatic N) is 2. The van der Waals surface area contributed by atoms with Crippen molar-refractivity contribution < 1.29 is 27.8 Å². The van der Waals surface area contributed by atoms with Gasteiger partial charge in [0.1, 0.15) is 23.2 Å². The van der Waals surface area contributed by atoms with Crippen molar-refractivity contribution in [2.45, 2.75) is 24.4 Å². The largest absolute Gasteiger partial charge is 0.507 e. The topological polar surface area (TPSA) is 71.2 Å². The van der Waals surface area contributed by atoms with Crippen LogP contribution < -0.4 is 4.74 Å². The second-order valence-electron chi connectivity index (χ2n) is 5.88. The molecule has 1 N–H and O–H groups in total. The van der Waals surface area contributed by atoms with Crippen LogP contribution in [0.3, 0.4) is 0 Å². The normalized spacial score (nSPS) is 20.8. The SMILES string of the molecule is O=C1CC(c2ccccc2)Oc2cc(C3(C(F)(F)F)N=N3)cc(O)c21. The van der Waals surface area contributed by atoms with E-state index in [-0.39, 0.29) is 23.3 Å². The van der Waals surface area contributed by atoms with Gasteiger partial charge in [-0.1, -0.05) is 30.3 Å². The van der Waals surface area contributed by atoms with Crippen LogP contribution in [0.5, 0.6) is 11.5 Å². The number of fused-ring (bicyclic) bond motifs is 1. The van der Waals surface area contributed by atoms with Gasteiger partial charge in [-0.3, -0.25) is 4.79 Å². The first-order valence-electron chi connectivity index (χ1n) is 7.45. The molecule has 2 aliphatic rings. The number of ether oxygens (including phenoxy) is 1. The Balaban J connectivity index is 1.77. The molecule has 2 aromatic rings. The van der Waals surface area contributed by atoms with Gasteiger partial charge in [0.05, 0.1) is 6.42 Å². The molecule has 2 aliphatic heterocycles. The summed E-state index contributed by atoms with van der Waals surface area (Å²) in [4.78, 5) is 12.4. The standard InChI is InChI=1S/C17H11F3N2O3/c18-17(19,20)16(21-22-16)10-6-11(23)15-12(24)8-13(25-14(15)7-10)9-4-2-1-3-5-9/h1-7,13,23H,8H2. The molecule has 5 nitrogen and oxygen atoms in total. The number of hydrogen-bond donors (Lipinski definition) is 1. The monoisotopic (exact) mass is 348 g/mol. The minimum atomic E-state index is -4.73. The number of halogens is 3. The summed E-state index contributed by atoms with van der Waals surface area (Å²) in [7, 11) is 0. The average molecular weight is 348 g/mol. The minimum absolute atomic E-state index is 0.0108. The van der Waals surface area contributed by atoms with E-state index < -0.39 is 29.5 Å². The third kappa shape index (κ3) is 2.36. The number of Topliss-reactive ketones (excluding diaryl/α,β-unsaturated/α-hetero) is 1. The second kappa shape index (κ2) is 5.05. The predicted molar refractivity (Wildman–Crippen MR) is 79.5 cm³/mol. The van der Waals surface area contributed by atoms with E-state index >= 15 is 0 Å². The van der Waals surface area contributed by atoms with E-state index in [0.29, 0.717) is 0 Å². The lowest BCUT2D eigenvalue weighted by molar-refractivity contribution is -0.166. The highest BCUT2D eigenvalue weighted by atomic mass is 19.4. The van der Waals surface area contributed by atoms with Crippen molar-refractivity contribution in [1.29, 1.82) is 0 Å². The zero-order valence-corrected chi connectivity index (χ0v) is 12.6. The van der Waals surface area contributed by atoms with Crippen molar-refractivity contribution in [3.8, 4) is 11.5 Å². The lowest BCUT2D eigenvalue weighted by atomic mass is 9.92. The molecule has 0 amide bonds. The summed E-state index contributed by atoms with van der Waals surface area (Å²) in [5, 5.41) is 16.3. The summed E-state index contributed by atoms with van der Waals surface area (Å²) in [5.41, 5.74) is -2.46. The molecule has 128 valence electrons. The predicted octanol–water partition coefficient (Wildman–Crippen LogP) is 4.28. The second-order valence-corrected chi connectivity index (χ2v) is 5.88. The molecule has 0 radical (unpaired) electrons. The molecule has 8 heteroatoms. The van der Waals surface area contributed by atoms with Gasteiger partial charge in [0, 0.05) is 5.56 Å². The molecule has 4 rings (SSSR count). The maximum atomic E-state index is 13.2. The van der Waals surface area contributed by atoms with Crippen LogP contribution in [0.1, 0.15) is 34.0 Å². The molecule has 0 aromatic heterocycles. The Morgan fingerprint density at radius 1 is 1.16 bits per heavy atom. The van der Waals surface area contributed by atoms with Gasteiger partial charge in [-0.05, 0) is 17.7 Å². The summed E-state index contributed by atoms with van der Waals surface area (Å²) >= 11 is 0. The van der Waals surface area contributed by atoms with Crippen LogP contribution in [0.15, 0.2) is 52.7 Å². The maximum absolute atomic E-state index is 13.2. The fourth-order valence-corrected chi connectivity index (χ4v) is 2.94. The van der Waals surface area contributed by atoms with Gasteiger partial charge in [-0.2, -0.15) is 13.2 Å². The van der Waals surface area contributed by atoms with Gasteiger partial charge < -0.3 is 9.84 Å². The van der Waals surface area contributed by atoms with E-state index in [9.17, 15) is 23.1 Å². The van der Waals surface area contributed by atoms with Gasteiger partial charge in [-0.25, -0.2) is 0 Å². The quantitative estimate of drug-likeness (QED) is 0.880. The zero-order valence-electron chi connectivity index (χ0n) is 12.6. The molecule has 0 spiro atoms. The first-order chi connectivity index (χ1) is 11.8. The van der Waals surface area contributed by atoms with E-state index in [4.69, 9.17) is 4.74 Å². The highest BCUT2D eigenvalue weighted by Crippen LogP contribution is 2.54. The fourth-order valence-electron chi connectivity index (χ4n) is 2.94. The van der Waals surface area contributed by atoms with Crippen LogP contribution in [0.4, 0.5) is 13.2 Å². The summed E-state index contributed by atoms with van der Waals surface area (Å²) in [6.45, 7) is 0. The number of ketones is 1. The van der Waals surface area contributed by atoms with Crippen LogP contribution in [0, 0.1) is 0 Å². The third-order valence-corrected chi connectivity index (χ3v) is 4.27. The molecule has 0 bridgehead atoms. The number of aromatic hydroxyl groups is 1. The Bertz CT molecular complexity index is 888. The van der Waals surface area contributed by atoms with E-state index in [2.05, 4.69) is 10.2 Å². The first kappa shape index (κ1) is 15.6. The maximum Gasteiger partial charge on any atom is 0.442 e. The lowest BCUT2D eigenvalue weighted by Gasteiger charge is -2.27. The Labute approximate surface area is 139 Å². The van der Waals surface area contributed by atoms with Crippen LogP contribution in [-0.4, -0.2) is 17.1 Å². The number of phenolic OH excluding ortho intramolecular Hbond substituents is 1. The molecule has 2 aromatic carbocycles. The molecular weight excluding hydrogens is 337 g/mol. The number of hydrogen-bond acceptors (Lipinski definition) is 5. The zero-order chi connectivity index (χ0) is 17.8. The third-order valence-electron chi connectivity index (χ3n) is 4.27. The summed E-state index contributed by atoms with van der Waals surface area (Å²) in [6, 6.07) is 10.8. The number of carbonyl (C=O) groups excluding carboxylic acids is 1. The Hall–Kier alpha value is -2.90. The summed E-state index contributed by atoms with van der Waals surface area (Å²) in [6.07, 6.45) is -5.38. The van der Waals surface area contributed by atoms with Gasteiger partial charge in [-0.15, -0.1) is 10.2 Å². The van der Waals surface area contributed by atoms with Crippen molar-refractivity contribution in [2.75, 3.05) is 0 Å². The molecular formula is C17H11F3N2O3. The smallest absolute Gasteiger partial charge is 0.442 e. The first-order valence-corrected chi connectivity index (χ1v) is 7.45. The van der Waals surface area contributed by atoms with Crippen LogP contribution in [0.25, 0.3) is 0 Å². The Morgan fingerprint density at radius 2 is 1.84 bits per heavy atom. The lowest BCUT2D eigenvalue weighted by Crippen LogP contribution is -2.30. The number of phenols is 1. The Morgan fingerprint density at radius 3 is 2.44 bits per heavy atom. The van der Waals surface area contributed by atoms with Gasteiger partial charge in [0.2, 0.25) is 0 Å². The van der Waals surface area contributed by atoms with Crippen molar-refractivity contribution >= 4 is 5.78 Å². The molecule has 0 fully saturated rings. The molecule has 0 saturated carbocycles. The van der Waals surface area contributed by atoms with Crippen molar-refractivity contribution in [1.82, 2.24) is 0 Å². The highest BCUT2D eigenvalue weighted by Gasteiger charge is 2.65. The van der Waals surface area contributed by atoms with E-state index in [1.165, 1.54) is 0 Å². The highest BCUT2D eigenvalue weighted by molar-refractivity contribution is 6.02. The number of benzene rings is 2. The molecule has 0 saturated heterocycles. The summed E-state index contributed by atoms with van der Waals surface area (Å²) < 4.78 is 45.3. The molecule has 1 unspecified atom stereocenters. The van der Waals surface area contributed by atoms with Crippen LogP contribution in [-0.2, 0) is 5.66 Å². The van der Waals surface area contributed by atoms with Gasteiger partial charge >= 0.3 is 11.8 Å².